The van der Waals surface area contributed by atoms with Crippen molar-refractivity contribution in [1.82, 2.24) is 10.2 Å². The molecule has 0 saturated carbocycles. The number of anilines is 1. The molecule has 1 aliphatic carbocycles. The summed E-state index contributed by atoms with van der Waals surface area (Å²) in [4.78, 5) is 0. The molecule has 2 N–H and O–H groups in total. The van der Waals surface area contributed by atoms with Crippen LogP contribution in [-0.4, -0.2) is 17.2 Å². The lowest BCUT2D eigenvalue weighted by Crippen LogP contribution is -1.84. The molecular weight excluding hydrogens is 534 g/mol. The van der Waals surface area contributed by atoms with Crippen molar-refractivity contribution in [1.29, 1.82) is 0 Å². The lowest BCUT2D eigenvalue weighted by Gasteiger charge is -2.00. The van der Waals surface area contributed by atoms with Gasteiger partial charge in [-0.2, -0.15) is 5.10 Å². The molecule has 0 fully saturated rings. The number of aromatic amines is 1. The maximum atomic E-state index is 4.41. The standard InChI is InChI=1S/C19H18N2.C11H12.C7H9N.2C2H6/c1-13-5-9-17-18(20-21-19(17)11-13)10-7-14-6-8-15-3-2-4-16(15)12-14;1-4-10-6-5-7-11(8-10)9(2)3;1-8-7-5-3-2-4-6-7;2*1-2/h5-12H,2-4H2,1H3,(H,20,21);4-8H,1-2H2,3H3;2-6,8H,1H3;2*1-2H3/b10-7+;;;;. The van der Waals surface area contributed by atoms with Crippen molar-refractivity contribution in [3.8, 4) is 0 Å². The molecule has 230 valence electrons. The van der Waals surface area contributed by atoms with Gasteiger partial charge in [-0.1, -0.05) is 125 Å². The summed E-state index contributed by atoms with van der Waals surface area (Å²) in [6.07, 6.45) is 9.86. The number of nitrogens with one attached hydrogen (secondary N) is 2. The average Bonchev–Trinajstić information content (AvgIpc) is 3.73. The zero-order valence-electron chi connectivity index (χ0n) is 27.9. The second kappa shape index (κ2) is 19.5. The molecule has 0 unspecified atom stereocenters. The molecule has 3 heteroatoms. The summed E-state index contributed by atoms with van der Waals surface area (Å²) in [7, 11) is 1.91. The molecule has 1 aliphatic rings. The fourth-order valence-electron chi connectivity index (χ4n) is 4.69. The highest BCUT2D eigenvalue weighted by molar-refractivity contribution is 5.89. The number of hydrogen-bond acceptors (Lipinski definition) is 2. The largest absolute Gasteiger partial charge is 0.388 e. The van der Waals surface area contributed by atoms with Gasteiger partial charge in [-0.05, 0) is 96.8 Å². The molecule has 4 aromatic carbocycles. The fraction of sp³-hybridized carbons (Fsp3) is 0.244. The summed E-state index contributed by atoms with van der Waals surface area (Å²) in [6, 6.07) is 31.4. The van der Waals surface area contributed by atoms with Crippen LogP contribution in [0.4, 0.5) is 5.69 Å². The summed E-state index contributed by atoms with van der Waals surface area (Å²) in [5.74, 6) is 0. The number of hydrogen-bond donors (Lipinski definition) is 2. The Morgan fingerprint density at radius 2 is 1.52 bits per heavy atom. The number of nitrogens with zero attached hydrogens (tertiary/aromatic N) is 1. The summed E-state index contributed by atoms with van der Waals surface area (Å²) in [6.45, 7) is 19.7. The lowest BCUT2D eigenvalue weighted by atomic mass is 10.1. The molecule has 0 aliphatic heterocycles. The zero-order valence-corrected chi connectivity index (χ0v) is 27.9. The molecule has 6 rings (SSSR count). The van der Waals surface area contributed by atoms with Gasteiger partial charge in [0.2, 0.25) is 0 Å². The predicted molar refractivity (Wildman–Crippen MR) is 198 cm³/mol. The third-order valence-corrected chi connectivity index (χ3v) is 6.98. The average molecular weight is 586 g/mol. The van der Waals surface area contributed by atoms with Gasteiger partial charge >= 0.3 is 0 Å². The van der Waals surface area contributed by atoms with E-state index in [4.69, 9.17) is 0 Å². The van der Waals surface area contributed by atoms with E-state index in [1.807, 2.05) is 90.2 Å². The number of rotatable bonds is 5. The van der Waals surface area contributed by atoms with Crippen LogP contribution < -0.4 is 5.32 Å². The number of H-pyrrole nitrogens is 1. The van der Waals surface area contributed by atoms with E-state index in [0.717, 1.165) is 28.0 Å². The summed E-state index contributed by atoms with van der Waals surface area (Å²) in [5, 5.41) is 11.7. The third kappa shape index (κ3) is 10.9. The molecule has 0 amide bonds. The van der Waals surface area contributed by atoms with Crippen molar-refractivity contribution < 1.29 is 0 Å². The van der Waals surface area contributed by atoms with Gasteiger partial charge in [0.1, 0.15) is 0 Å². The van der Waals surface area contributed by atoms with E-state index in [1.165, 1.54) is 52.5 Å². The van der Waals surface area contributed by atoms with Crippen LogP contribution in [0.25, 0.3) is 34.7 Å². The highest BCUT2D eigenvalue weighted by atomic mass is 15.1. The van der Waals surface area contributed by atoms with Crippen molar-refractivity contribution in [2.45, 2.75) is 60.8 Å². The quantitative estimate of drug-likeness (QED) is 0.215. The molecule has 0 radical (unpaired) electrons. The fourth-order valence-corrected chi connectivity index (χ4v) is 4.69. The van der Waals surface area contributed by atoms with Gasteiger partial charge in [0.15, 0.2) is 0 Å². The smallest absolute Gasteiger partial charge is 0.0927 e. The van der Waals surface area contributed by atoms with Gasteiger partial charge in [0, 0.05) is 18.1 Å². The van der Waals surface area contributed by atoms with Gasteiger partial charge < -0.3 is 5.32 Å². The molecule has 44 heavy (non-hydrogen) atoms. The Kier molecular flexibility index (Phi) is 15.8. The molecule has 0 saturated heterocycles. The Morgan fingerprint density at radius 1 is 0.795 bits per heavy atom. The van der Waals surface area contributed by atoms with Crippen LogP contribution in [-0.2, 0) is 12.8 Å². The molecule has 3 nitrogen and oxygen atoms in total. The first-order valence-corrected chi connectivity index (χ1v) is 15.8. The molecule has 0 bridgehead atoms. The van der Waals surface area contributed by atoms with E-state index in [0.29, 0.717) is 0 Å². The second-order valence-electron chi connectivity index (χ2n) is 10.1. The highest BCUT2D eigenvalue weighted by Crippen LogP contribution is 2.24. The van der Waals surface area contributed by atoms with Gasteiger partial charge in [-0.25, -0.2) is 0 Å². The Balaban J connectivity index is 0.000000247. The highest BCUT2D eigenvalue weighted by Gasteiger charge is 2.10. The molecule has 0 spiro atoms. The van der Waals surface area contributed by atoms with Crippen molar-refractivity contribution in [2.24, 2.45) is 0 Å². The van der Waals surface area contributed by atoms with Gasteiger partial charge in [-0.15, -0.1) is 0 Å². The van der Waals surface area contributed by atoms with E-state index in [2.05, 4.69) is 96.3 Å². The normalized spacial score (nSPS) is 10.9. The first-order valence-electron chi connectivity index (χ1n) is 15.8. The van der Waals surface area contributed by atoms with Crippen LogP contribution in [0.3, 0.4) is 0 Å². The zero-order chi connectivity index (χ0) is 32.3. The van der Waals surface area contributed by atoms with Crippen LogP contribution >= 0.6 is 0 Å². The van der Waals surface area contributed by atoms with Crippen molar-refractivity contribution >= 4 is 40.4 Å². The van der Waals surface area contributed by atoms with E-state index >= 15 is 0 Å². The maximum absolute atomic E-state index is 4.41. The Bertz CT molecular complexity index is 1610. The lowest BCUT2D eigenvalue weighted by molar-refractivity contribution is 0.912. The topological polar surface area (TPSA) is 40.7 Å². The number of allylic oxidation sites excluding steroid dienone is 1. The Hall–Kier alpha value is -4.63. The van der Waals surface area contributed by atoms with E-state index < -0.39 is 0 Å². The summed E-state index contributed by atoms with van der Waals surface area (Å²) >= 11 is 0. The second-order valence-corrected chi connectivity index (χ2v) is 10.1. The molecule has 0 atom stereocenters. The number of benzene rings is 4. The van der Waals surface area contributed by atoms with Gasteiger partial charge in [0.25, 0.3) is 0 Å². The minimum Gasteiger partial charge on any atom is -0.388 e. The number of aryl methyl sites for hydroxylation is 3. The Morgan fingerprint density at radius 3 is 2.18 bits per heavy atom. The van der Waals surface area contributed by atoms with Crippen LogP contribution in [0, 0.1) is 6.92 Å². The van der Waals surface area contributed by atoms with Crippen LogP contribution in [0.15, 0.2) is 104 Å². The predicted octanol–water partition coefficient (Wildman–Crippen LogP) is 11.7. The molecule has 1 heterocycles. The van der Waals surface area contributed by atoms with Crippen molar-refractivity contribution in [3.05, 3.63) is 143 Å². The van der Waals surface area contributed by atoms with E-state index in [-0.39, 0.29) is 0 Å². The molecule has 1 aromatic heterocycles. The molecule has 5 aromatic rings. The van der Waals surface area contributed by atoms with Gasteiger partial charge in [0.05, 0.1) is 11.2 Å². The first kappa shape index (κ1) is 35.6. The SMILES string of the molecule is C=Cc1cccc(C(=C)C)c1.CC.CC.CNc1ccccc1.Cc1ccc2c(/C=C/c3ccc4c(c3)CCC4)n[nH]c2c1. The summed E-state index contributed by atoms with van der Waals surface area (Å²) < 4.78 is 0. The van der Waals surface area contributed by atoms with E-state index in [9.17, 15) is 0 Å². The van der Waals surface area contributed by atoms with E-state index in [1.54, 1.807) is 0 Å². The minimum atomic E-state index is 1.01. The number of para-hydroxylation sites is 1. The Labute approximate surface area is 266 Å². The third-order valence-electron chi connectivity index (χ3n) is 6.98. The summed E-state index contributed by atoms with van der Waals surface area (Å²) in [5.41, 5.74) is 12.2. The minimum absolute atomic E-state index is 1.01. The molecular formula is C41H51N3. The number of aromatic nitrogens is 2. The number of fused-ring (bicyclic) bond motifs is 2. The van der Waals surface area contributed by atoms with Crippen LogP contribution in [0.5, 0.6) is 0 Å². The monoisotopic (exact) mass is 585 g/mol. The van der Waals surface area contributed by atoms with Crippen LogP contribution in [0.2, 0.25) is 0 Å². The first-order chi connectivity index (χ1) is 21.5. The van der Waals surface area contributed by atoms with Gasteiger partial charge in [-0.3, -0.25) is 5.10 Å². The van der Waals surface area contributed by atoms with Crippen molar-refractivity contribution in [3.63, 3.8) is 0 Å². The van der Waals surface area contributed by atoms with Crippen molar-refractivity contribution in [2.75, 3.05) is 12.4 Å². The van der Waals surface area contributed by atoms with Crippen LogP contribution in [0.1, 0.15) is 80.1 Å². The maximum Gasteiger partial charge on any atom is 0.0927 e.